The number of carbonyl (C=O) groups is 1. The average molecular weight is 417 g/mol. The van der Waals surface area contributed by atoms with E-state index >= 15 is 0 Å². The van der Waals surface area contributed by atoms with Gasteiger partial charge in [0.25, 0.3) is 0 Å². The molecule has 3 rings (SSSR count). The summed E-state index contributed by atoms with van der Waals surface area (Å²) < 4.78 is 0. The van der Waals surface area contributed by atoms with Gasteiger partial charge in [0, 0.05) is 24.5 Å². The van der Waals surface area contributed by atoms with E-state index in [0.29, 0.717) is 5.69 Å². The molecular weight excluding hydrogens is 384 g/mol. The zero-order valence-electron chi connectivity index (χ0n) is 18.5. The topological polar surface area (TPSA) is 52.6 Å². The van der Waals surface area contributed by atoms with Crippen molar-refractivity contribution < 1.29 is 9.90 Å². The molecule has 0 amide bonds. The molecule has 0 saturated carbocycles. The van der Waals surface area contributed by atoms with Gasteiger partial charge in [-0.1, -0.05) is 50.2 Å². The van der Waals surface area contributed by atoms with Gasteiger partial charge < -0.3 is 15.3 Å². The molecule has 3 aromatic rings. The van der Waals surface area contributed by atoms with Crippen molar-refractivity contribution >= 4 is 23.0 Å². The van der Waals surface area contributed by atoms with Crippen LogP contribution in [-0.2, 0) is 12.8 Å². The molecule has 0 fully saturated rings. The third kappa shape index (κ3) is 6.35. The lowest BCUT2D eigenvalue weighted by Gasteiger charge is -2.24. The lowest BCUT2D eigenvalue weighted by Crippen LogP contribution is -2.24. The van der Waals surface area contributed by atoms with Crippen molar-refractivity contribution in [3.05, 3.63) is 89.5 Å². The lowest BCUT2D eigenvalue weighted by atomic mass is 10.0. The molecule has 0 heterocycles. The van der Waals surface area contributed by atoms with Crippen molar-refractivity contribution in [2.45, 2.75) is 39.5 Å². The number of hydrogen-bond donors (Lipinski definition) is 2. The van der Waals surface area contributed by atoms with Crippen LogP contribution in [0.1, 0.15) is 48.2 Å². The highest BCUT2D eigenvalue weighted by molar-refractivity contribution is 5.95. The van der Waals surface area contributed by atoms with Crippen LogP contribution in [0.15, 0.2) is 72.8 Å². The minimum absolute atomic E-state index is 0.270. The van der Waals surface area contributed by atoms with Crippen LogP contribution in [0, 0.1) is 0 Å². The van der Waals surface area contributed by atoms with E-state index in [1.54, 1.807) is 18.2 Å². The third-order valence-electron chi connectivity index (χ3n) is 5.38. The highest BCUT2D eigenvalue weighted by Gasteiger charge is 2.09. The molecule has 3 aromatic carbocycles. The quantitative estimate of drug-likeness (QED) is 0.373. The molecule has 162 valence electrons. The molecule has 0 saturated heterocycles. The Hall–Kier alpha value is -3.27. The maximum atomic E-state index is 11.4. The Balaban J connectivity index is 1.58. The molecule has 0 atom stereocenters. The number of carboxylic acids is 1. The van der Waals surface area contributed by atoms with Crippen molar-refractivity contribution in [1.82, 2.24) is 0 Å². The summed E-state index contributed by atoms with van der Waals surface area (Å²) in [5.74, 6) is -0.932. The van der Waals surface area contributed by atoms with E-state index in [0.717, 1.165) is 44.5 Å². The van der Waals surface area contributed by atoms with Crippen LogP contribution in [0.3, 0.4) is 0 Å². The lowest BCUT2D eigenvalue weighted by molar-refractivity contribution is 0.0698. The van der Waals surface area contributed by atoms with Crippen molar-refractivity contribution in [3.63, 3.8) is 0 Å². The van der Waals surface area contributed by atoms with Gasteiger partial charge in [-0.25, -0.2) is 4.79 Å². The predicted octanol–water partition coefficient (Wildman–Crippen LogP) is 6.54. The molecule has 0 aliphatic rings. The minimum atomic E-state index is -0.932. The maximum Gasteiger partial charge on any atom is 0.337 e. The third-order valence-corrected chi connectivity index (χ3v) is 5.38. The number of rotatable bonds is 11. The molecule has 31 heavy (non-hydrogen) atoms. The Labute approximate surface area is 185 Å². The van der Waals surface area contributed by atoms with Crippen molar-refractivity contribution in [2.75, 3.05) is 23.3 Å². The Kier molecular flexibility index (Phi) is 8.11. The number of para-hydroxylation sites is 1. The fourth-order valence-electron chi connectivity index (χ4n) is 3.76. The molecular formula is C27H32N2O2. The smallest absolute Gasteiger partial charge is 0.337 e. The van der Waals surface area contributed by atoms with Crippen LogP contribution in [0.2, 0.25) is 0 Å². The standard InChI is InChI=1S/C27H32N2O2/c1-3-19-29(20-4-2)24-17-13-22(14-18-24)10-9-21-11-15-23(16-12-21)28-26-8-6-5-7-25(26)27(30)31/h5-8,11-18,28H,3-4,9-10,19-20H2,1-2H3,(H,30,31). The van der Waals surface area contributed by atoms with Crippen LogP contribution in [0.5, 0.6) is 0 Å². The Morgan fingerprint density at radius 2 is 1.35 bits per heavy atom. The van der Waals surface area contributed by atoms with Crippen LogP contribution in [0.4, 0.5) is 17.1 Å². The number of hydrogen-bond acceptors (Lipinski definition) is 3. The number of carboxylic acid groups (broad SMARTS) is 1. The number of aromatic carboxylic acids is 1. The molecule has 4 nitrogen and oxygen atoms in total. The summed E-state index contributed by atoms with van der Waals surface area (Å²) in [5, 5.41) is 12.5. The average Bonchev–Trinajstić information content (AvgIpc) is 2.79. The van der Waals surface area contributed by atoms with E-state index in [1.165, 1.54) is 16.8 Å². The Bertz CT molecular complexity index is 959. The number of nitrogens with zero attached hydrogens (tertiary/aromatic N) is 1. The summed E-state index contributed by atoms with van der Waals surface area (Å²) in [6, 6.07) is 24.1. The molecule has 4 heteroatoms. The molecule has 2 N–H and O–H groups in total. The molecule has 0 bridgehead atoms. The van der Waals surface area contributed by atoms with Crippen molar-refractivity contribution in [2.24, 2.45) is 0 Å². The van der Waals surface area contributed by atoms with Crippen LogP contribution < -0.4 is 10.2 Å². The fraction of sp³-hybridized carbons (Fsp3) is 0.296. The molecule has 0 aromatic heterocycles. The van der Waals surface area contributed by atoms with E-state index in [-0.39, 0.29) is 5.56 Å². The molecule has 0 radical (unpaired) electrons. The SMILES string of the molecule is CCCN(CCC)c1ccc(CCc2ccc(Nc3ccccc3C(=O)O)cc2)cc1. The van der Waals surface area contributed by atoms with Crippen LogP contribution in [0.25, 0.3) is 0 Å². The molecule has 0 aliphatic carbocycles. The van der Waals surface area contributed by atoms with Gasteiger partial charge in [-0.15, -0.1) is 0 Å². The summed E-state index contributed by atoms with van der Waals surface area (Å²) in [7, 11) is 0. The largest absolute Gasteiger partial charge is 0.478 e. The predicted molar refractivity (Wildman–Crippen MR) is 130 cm³/mol. The second-order valence-corrected chi connectivity index (χ2v) is 7.83. The fourth-order valence-corrected chi connectivity index (χ4v) is 3.76. The first-order chi connectivity index (χ1) is 15.1. The van der Waals surface area contributed by atoms with Gasteiger partial charge in [0.15, 0.2) is 0 Å². The number of anilines is 3. The monoisotopic (exact) mass is 416 g/mol. The van der Waals surface area contributed by atoms with E-state index in [2.05, 4.69) is 60.5 Å². The van der Waals surface area contributed by atoms with Gasteiger partial charge in [0.2, 0.25) is 0 Å². The molecule has 0 unspecified atom stereocenters. The van der Waals surface area contributed by atoms with E-state index in [1.807, 2.05) is 18.2 Å². The summed E-state index contributed by atoms with van der Waals surface area (Å²) in [4.78, 5) is 13.8. The van der Waals surface area contributed by atoms with Crippen molar-refractivity contribution in [1.29, 1.82) is 0 Å². The van der Waals surface area contributed by atoms with E-state index < -0.39 is 5.97 Å². The first kappa shape index (κ1) is 22.4. The minimum Gasteiger partial charge on any atom is -0.478 e. The van der Waals surface area contributed by atoms with E-state index in [4.69, 9.17) is 0 Å². The van der Waals surface area contributed by atoms with Gasteiger partial charge >= 0.3 is 5.97 Å². The van der Waals surface area contributed by atoms with Crippen LogP contribution in [-0.4, -0.2) is 24.2 Å². The van der Waals surface area contributed by atoms with Crippen molar-refractivity contribution in [3.8, 4) is 0 Å². The van der Waals surface area contributed by atoms with Gasteiger partial charge in [0.1, 0.15) is 0 Å². The highest BCUT2D eigenvalue weighted by Crippen LogP contribution is 2.22. The zero-order valence-corrected chi connectivity index (χ0v) is 18.5. The normalized spacial score (nSPS) is 10.6. The first-order valence-electron chi connectivity index (χ1n) is 11.1. The van der Waals surface area contributed by atoms with Gasteiger partial charge in [0.05, 0.1) is 11.3 Å². The maximum absolute atomic E-state index is 11.4. The summed E-state index contributed by atoms with van der Waals surface area (Å²) in [6.07, 6.45) is 4.29. The molecule has 0 spiro atoms. The number of nitrogens with one attached hydrogen (secondary N) is 1. The second-order valence-electron chi connectivity index (χ2n) is 7.83. The number of aryl methyl sites for hydroxylation is 2. The van der Waals surface area contributed by atoms with Gasteiger partial charge in [-0.05, 0) is 73.2 Å². The van der Waals surface area contributed by atoms with Gasteiger partial charge in [-0.2, -0.15) is 0 Å². The molecule has 0 aliphatic heterocycles. The zero-order chi connectivity index (χ0) is 22.1. The van der Waals surface area contributed by atoms with Gasteiger partial charge in [-0.3, -0.25) is 0 Å². The second kappa shape index (κ2) is 11.2. The summed E-state index contributed by atoms with van der Waals surface area (Å²) in [6.45, 7) is 6.65. The highest BCUT2D eigenvalue weighted by atomic mass is 16.4. The van der Waals surface area contributed by atoms with E-state index in [9.17, 15) is 9.90 Å². The number of benzene rings is 3. The van der Waals surface area contributed by atoms with Crippen LogP contribution >= 0.6 is 0 Å². The summed E-state index contributed by atoms with van der Waals surface area (Å²) in [5.41, 5.74) is 5.67. The Morgan fingerprint density at radius 1 is 0.806 bits per heavy atom. The summed E-state index contributed by atoms with van der Waals surface area (Å²) >= 11 is 0. The Morgan fingerprint density at radius 3 is 1.90 bits per heavy atom. The first-order valence-corrected chi connectivity index (χ1v) is 11.1.